The van der Waals surface area contributed by atoms with Crippen molar-refractivity contribution in [1.82, 2.24) is 9.78 Å². The van der Waals surface area contributed by atoms with Crippen molar-refractivity contribution in [3.63, 3.8) is 0 Å². The van der Waals surface area contributed by atoms with Crippen LogP contribution >= 0.6 is 11.6 Å². The van der Waals surface area contributed by atoms with Crippen LogP contribution in [0.5, 0.6) is 0 Å². The molecule has 3 heterocycles. The van der Waals surface area contributed by atoms with Crippen LogP contribution in [0.2, 0.25) is 5.02 Å². The Hall–Kier alpha value is -4.75. The molecule has 8 heteroatoms. The lowest BCUT2D eigenvalue weighted by Crippen LogP contribution is -2.46. The van der Waals surface area contributed by atoms with Gasteiger partial charge in [-0.25, -0.2) is 19.1 Å². The molecule has 0 radical (unpaired) electrons. The van der Waals surface area contributed by atoms with Crippen LogP contribution in [0.1, 0.15) is 22.9 Å². The van der Waals surface area contributed by atoms with Crippen molar-refractivity contribution in [2.24, 2.45) is 9.98 Å². The second-order valence-electron chi connectivity index (χ2n) is 9.41. The maximum atomic E-state index is 14.1. The molecule has 6 nitrogen and oxygen atoms in total. The van der Waals surface area contributed by atoms with Gasteiger partial charge in [0.1, 0.15) is 5.82 Å². The summed E-state index contributed by atoms with van der Waals surface area (Å²) in [4.78, 5) is 12.4. The maximum Gasteiger partial charge on any atom is 0.179 e. The Labute approximate surface area is 229 Å². The first kappa shape index (κ1) is 23.4. The van der Waals surface area contributed by atoms with Crippen LogP contribution < -0.4 is 10.2 Å². The Kier molecular flexibility index (Phi) is 5.52. The highest BCUT2D eigenvalue weighted by atomic mass is 35.5. The van der Waals surface area contributed by atoms with Crippen molar-refractivity contribution >= 4 is 46.2 Å². The average Bonchev–Trinajstić information content (AvgIpc) is 3.30. The molecular weight excluding hydrogens is 511 g/mol. The molecule has 0 spiro atoms. The van der Waals surface area contributed by atoms with Crippen molar-refractivity contribution in [2.45, 2.75) is 13.0 Å². The van der Waals surface area contributed by atoms with E-state index in [-0.39, 0.29) is 11.9 Å². The van der Waals surface area contributed by atoms with E-state index in [1.807, 2.05) is 103 Å². The quantitative estimate of drug-likeness (QED) is 0.258. The smallest absolute Gasteiger partial charge is 0.179 e. The predicted octanol–water partition coefficient (Wildman–Crippen LogP) is 7.77. The molecule has 0 amide bonds. The highest BCUT2D eigenvalue weighted by Gasteiger charge is 2.41. The number of aromatic nitrogens is 2. The summed E-state index contributed by atoms with van der Waals surface area (Å²) in [7, 11) is 0. The molecule has 2 aliphatic rings. The summed E-state index contributed by atoms with van der Waals surface area (Å²) < 4.78 is 15.9. The molecule has 0 saturated carbocycles. The van der Waals surface area contributed by atoms with E-state index in [9.17, 15) is 4.39 Å². The third-order valence-electron chi connectivity index (χ3n) is 6.93. The summed E-state index contributed by atoms with van der Waals surface area (Å²) in [6.07, 6.45) is 0. The molecule has 190 valence electrons. The second kappa shape index (κ2) is 9.22. The fourth-order valence-corrected chi connectivity index (χ4v) is 5.30. The molecule has 39 heavy (non-hydrogen) atoms. The number of amidine groups is 2. The van der Waals surface area contributed by atoms with Crippen molar-refractivity contribution in [1.29, 1.82) is 0 Å². The van der Waals surface area contributed by atoms with Gasteiger partial charge in [-0.1, -0.05) is 54.1 Å². The lowest BCUT2D eigenvalue weighted by Gasteiger charge is -2.40. The summed E-state index contributed by atoms with van der Waals surface area (Å²) in [6, 6.07) is 31.7. The highest BCUT2D eigenvalue weighted by Crippen LogP contribution is 2.48. The standard InChI is InChI=1S/C31H22ClFN6/c1-19-27-28(20-11-15-22(33)16-12-20)38-26-10-6-5-9-25(26)35-29(34-23-17-13-21(32)14-18-23)31(38)36-30(27)39(37-19)24-7-3-2-4-8-24/h2-18,28H,1H3,(H,34,35)/t28-/m1/s1. The number of rotatable bonds is 3. The second-order valence-corrected chi connectivity index (χ2v) is 9.85. The average molecular weight is 533 g/mol. The number of para-hydroxylation sites is 3. The first-order valence-electron chi connectivity index (χ1n) is 12.6. The molecule has 4 aromatic carbocycles. The third-order valence-corrected chi connectivity index (χ3v) is 7.18. The van der Waals surface area contributed by atoms with Gasteiger partial charge in [-0.15, -0.1) is 0 Å². The van der Waals surface area contributed by atoms with Gasteiger partial charge in [-0.2, -0.15) is 5.10 Å². The van der Waals surface area contributed by atoms with Gasteiger partial charge in [0, 0.05) is 16.3 Å². The summed E-state index contributed by atoms with van der Waals surface area (Å²) in [5, 5.41) is 9.03. The summed E-state index contributed by atoms with van der Waals surface area (Å²) >= 11 is 6.14. The SMILES string of the molecule is Cc1nn(-c2ccccc2)c2c1[C@@H](c1ccc(F)cc1)N1C(=N2)C(Nc2ccc(Cl)cc2)=Nc2ccccc21. The molecular formula is C31H22ClFN6. The molecule has 1 atom stereocenters. The zero-order valence-electron chi connectivity index (χ0n) is 20.9. The Morgan fingerprint density at radius 3 is 2.31 bits per heavy atom. The van der Waals surface area contributed by atoms with Crippen LogP contribution in [-0.4, -0.2) is 21.5 Å². The Morgan fingerprint density at radius 1 is 0.821 bits per heavy atom. The van der Waals surface area contributed by atoms with E-state index < -0.39 is 0 Å². The van der Waals surface area contributed by atoms with Gasteiger partial charge in [0.15, 0.2) is 17.5 Å². The Morgan fingerprint density at radius 2 is 1.54 bits per heavy atom. The minimum Gasteiger partial charge on any atom is -0.337 e. The number of hydrogen-bond donors (Lipinski definition) is 1. The minimum absolute atomic E-state index is 0.286. The molecule has 5 aromatic rings. The molecule has 0 fully saturated rings. The van der Waals surface area contributed by atoms with Crippen LogP contribution in [0.4, 0.5) is 27.3 Å². The summed E-state index contributed by atoms with van der Waals surface area (Å²) in [5.74, 6) is 1.66. The highest BCUT2D eigenvalue weighted by molar-refractivity contribution is 6.51. The van der Waals surface area contributed by atoms with Gasteiger partial charge in [0.2, 0.25) is 0 Å². The van der Waals surface area contributed by atoms with E-state index in [0.717, 1.165) is 39.6 Å². The molecule has 2 aliphatic heterocycles. The zero-order chi connectivity index (χ0) is 26.5. The van der Waals surface area contributed by atoms with Gasteiger partial charge in [0.25, 0.3) is 0 Å². The number of anilines is 2. The van der Waals surface area contributed by atoms with Crippen molar-refractivity contribution in [3.8, 4) is 5.69 Å². The van der Waals surface area contributed by atoms with Gasteiger partial charge >= 0.3 is 0 Å². The number of nitrogens with one attached hydrogen (secondary N) is 1. The number of hydrogen-bond acceptors (Lipinski definition) is 5. The van der Waals surface area contributed by atoms with Gasteiger partial charge in [-0.3, -0.25) is 0 Å². The zero-order valence-corrected chi connectivity index (χ0v) is 21.6. The maximum absolute atomic E-state index is 14.1. The normalized spacial score (nSPS) is 15.6. The van der Waals surface area contributed by atoms with Crippen LogP contribution in [-0.2, 0) is 0 Å². The van der Waals surface area contributed by atoms with E-state index in [1.54, 1.807) is 0 Å². The van der Waals surface area contributed by atoms with Crippen LogP contribution in [0.3, 0.4) is 0 Å². The molecule has 1 aromatic heterocycles. The largest absolute Gasteiger partial charge is 0.337 e. The first-order chi connectivity index (χ1) is 19.1. The fraction of sp³-hybridized carbons (Fsp3) is 0.0645. The number of benzene rings is 4. The van der Waals surface area contributed by atoms with Gasteiger partial charge in [-0.05, 0) is 73.2 Å². The van der Waals surface area contributed by atoms with E-state index in [0.29, 0.717) is 22.5 Å². The summed E-state index contributed by atoms with van der Waals surface area (Å²) in [5.41, 5.74) is 6.16. The minimum atomic E-state index is -0.316. The molecule has 0 aliphatic carbocycles. The monoisotopic (exact) mass is 532 g/mol. The van der Waals surface area contributed by atoms with Crippen molar-refractivity contribution in [3.05, 3.63) is 131 Å². The molecule has 0 saturated heterocycles. The molecule has 7 rings (SSSR count). The lowest BCUT2D eigenvalue weighted by atomic mass is 9.93. The molecule has 0 unspecified atom stereocenters. The first-order valence-corrected chi connectivity index (χ1v) is 12.9. The number of halogens is 2. The van der Waals surface area contributed by atoms with Gasteiger partial charge in [0.05, 0.1) is 28.8 Å². The van der Waals surface area contributed by atoms with E-state index in [4.69, 9.17) is 26.7 Å². The van der Waals surface area contributed by atoms with Crippen molar-refractivity contribution < 1.29 is 4.39 Å². The Bertz CT molecular complexity index is 1760. The lowest BCUT2D eigenvalue weighted by molar-refractivity contribution is 0.626. The number of aryl methyl sites for hydroxylation is 1. The number of aliphatic imine (C=N–C) groups is 2. The third kappa shape index (κ3) is 3.99. The van der Waals surface area contributed by atoms with E-state index >= 15 is 0 Å². The molecule has 0 bridgehead atoms. The topological polar surface area (TPSA) is 57.8 Å². The number of fused-ring (bicyclic) bond motifs is 4. The van der Waals surface area contributed by atoms with Crippen LogP contribution in [0, 0.1) is 12.7 Å². The fourth-order valence-electron chi connectivity index (χ4n) is 5.18. The molecule has 1 N–H and O–H groups in total. The van der Waals surface area contributed by atoms with E-state index in [1.165, 1.54) is 12.1 Å². The predicted molar refractivity (Wildman–Crippen MR) is 155 cm³/mol. The van der Waals surface area contributed by atoms with Crippen LogP contribution in [0.25, 0.3) is 5.69 Å². The number of nitrogens with zero attached hydrogens (tertiary/aromatic N) is 5. The van der Waals surface area contributed by atoms with E-state index in [2.05, 4.69) is 10.2 Å². The van der Waals surface area contributed by atoms with Crippen LogP contribution in [0.15, 0.2) is 113 Å². The Balaban J connectivity index is 1.49. The van der Waals surface area contributed by atoms with Gasteiger partial charge < -0.3 is 10.2 Å². The van der Waals surface area contributed by atoms with Crippen molar-refractivity contribution in [2.75, 3.05) is 10.2 Å². The summed E-state index contributed by atoms with van der Waals surface area (Å²) in [6.45, 7) is 1.99.